The molecule has 0 unspecified atom stereocenters. The predicted octanol–water partition coefficient (Wildman–Crippen LogP) is 3.62. The van der Waals surface area contributed by atoms with E-state index in [1.54, 1.807) is 22.4 Å². The lowest BCUT2D eigenvalue weighted by atomic mass is 10.2. The number of hydrogen-bond donors (Lipinski definition) is 1. The lowest BCUT2D eigenvalue weighted by Gasteiger charge is -2.24. The monoisotopic (exact) mass is 332 g/mol. The van der Waals surface area contributed by atoms with E-state index in [4.69, 9.17) is 0 Å². The average Bonchev–Trinajstić information content (AvgIpc) is 2.93. The zero-order chi connectivity index (χ0) is 17.0. The van der Waals surface area contributed by atoms with Gasteiger partial charge >= 0.3 is 6.03 Å². The van der Waals surface area contributed by atoms with Gasteiger partial charge < -0.3 is 10.2 Å². The molecule has 23 heavy (non-hydrogen) atoms. The van der Waals surface area contributed by atoms with E-state index in [1.807, 2.05) is 40.0 Å². The first-order valence-corrected chi connectivity index (χ1v) is 8.63. The number of carbonyl (C=O) groups is 1. The van der Waals surface area contributed by atoms with Crippen LogP contribution < -0.4 is 5.32 Å². The van der Waals surface area contributed by atoms with E-state index in [2.05, 4.69) is 22.2 Å². The third-order valence-corrected chi connectivity index (χ3v) is 5.46. The molecule has 0 aliphatic rings. The van der Waals surface area contributed by atoms with Crippen LogP contribution in [-0.4, -0.2) is 27.9 Å². The molecular weight excluding hydrogens is 308 g/mol. The first kappa shape index (κ1) is 17.4. The average molecular weight is 332 g/mol. The van der Waals surface area contributed by atoms with Crippen molar-refractivity contribution < 1.29 is 4.79 Å². The van der Waals surface area contributed by atoms with Crippen molar-refractivity contribution in [2.45, 2.75) is 46.7 Å². The topological polar surface area (TPSA) is 58.1 Å². The number of hydrogen-bond acceptors (Lipinski definition) is 4. The number of nitrogens with one attached hydrogen (secondary N) is 1. The van der Waals surface area contributed by atoms with E-state index in [1.165, 1.54) is 0 Å². The number of aromatic nitrogens is 2. The molecule has 0 saturated carbocycles. The van der Waals surface area contributed by atoms with Crippen LogP contribution in [0.3, 0.4) is 0 Å². The molecule has 124 valence electrons. The van der Waals surface area contributed by atoms with Crippen LogP contribution in [0.15, 0.2) is 18.3 Å². The Morgan fingerprint density at radius 1 is 1.43 bits per heavy atom. The maximum atomic E-state index is 12.4. The van der Waals surface area contributed by atoms with E-state index in [9.17, 15) is 4.79 Å². The van der Waals surface area contributed by atoms with Gasteiger partial charge in [0.2, 0.25) is 0 Å². The molecule has 2 aromatic heterocycles. The van der Waals surface area contributed by atoms with Crippen LogP contribution in [0.1, 0.15) is 46.7 Å². The normalized spacial score (nSPS) is 12.0. The summed E-state index contributed by atoms with van der Waals surface area (Å²) in [6.07, 6.45) is 2.67. The maximum Gasteiger partial charge on any atom is 0.317 e. The molecule has 0 spiro atoms. The molecule has 5 nitrogen and oxygen atoms in total. The fourth-order valence-electron chi connectivity index (χ4n) is 2.34. The number of nitrogens with zero attached hydrogens (tertiary/aromatic N) is 3. The van der Waals surface area contributed by atoms with Crippen molar-refractivity contribution in [2.75, 3.05) is 7.05 Å². The van der Waals surface area contributed by atoms with Crippen molar-refractivity contribution >= 4 is 17.4 Å². The van der Waals surface area contributed by atoms with E-state index >= 15 is 0 Å². The van der Waals surface area contributed by atoms with E-state index in [-0.39, 0.29) is 12.1 Å². The summed E-state index contributed by atoms with van der Waals surface area (Å²) in [7, 11) is 1.82. The summed E-state index contributed by atoms with van der Waals surface area (Å²) in [6.45, 7) is 8.56. The number of carbonyl (C=O) groups excluding carboxylic acids is 1. The molecule has 2 aromatic rings. The van der Waals surface area contributed by atoms with Crippen LogP contribution in [0, 0.1) is 13.8 Å². The quantitative estimate of drug-likeness (QED) is 0.910. The van der Waals surface area contributed by atoms with Gasteiger partial charge in [-0.2, -0.15) is 0 Å². The Kier molecular flexibility index (Phi) is 5.71. The SMILES string of the molecule is CCc1nc(C)c([C@@H](C)N(C)C(=O)NCc2ncccc2C)s1. The first-order valence-electron chi connectivity index (χ1n) is 7.81. The molecule has 2 amide bonds. The van der Waals surface area contributed by atoms with Crippen LogP contribution in [0.5, 0.6) is 0 Å². The third kappa shape index (κ3) is 4.07. The molecule has 0 radical (unpaired) electrons. The summed E-state index contributed by atoms with van der Waals surface area (Å²) < 4.78 is 0. The highest BCUT2D eigenvalue weighted by atomic mass is 32.1. The first-order chi connectivity index (χ1) is 10.9. The lowest BCUT2D eigenvalue weighted by Crippen LogP contribution is -2.38. The van der Waals surface area contributed by atoms with Gasteiger partial charge in [0.1, 0.15) is 0 Å². The van der Waals surface area contributed by atoms with Crippen LogP contribution in [0.25, 0.3) is 0 Å². The van der Waals surface area contributed by atoms with Gasteiger partial charge in [0, 0.05) is 18.1 Å². The van der Waals surface area contributed by atoms with Gasteiger partial charge in [-0.3, -0.25) is 4.98 Å². The molecular formula is C17H24N4OS. The highest BCUT2D eigenvalue weighted by Crippen LogP contribution is 2.28. The van der Waals surface area contributed by atoms with Crippen LogP contribution >= 0.6 is 11.3 Å². The Morgan fingerprint density at radius 2 is 2.17 bits per heavy atom. The molecule has 1 atom stereocenters. The molecule has 0 aromatic carbocycles. The fraction of sp³-hybridized carbons (Fsp3) is 0.471. The Morgan fingerprint density at radius 3 is 2.78 bits per heavy atom. The molecule has 6 heteroatoms. The molecule has 2 heterocycles. The van der Waals surface area contributed by atoms with Gasteiger partial charge in [-0.25, -0.2) is 9.78 Å². The van der Waals surface area contributed by atoms with Crippen molar-refractivity contribution in [2.24, 2.45) is 0 Å². The van der Waals surface area contributed by atoms with Crippen molar-refractivity contribution in [3.8, 4) is 0 Å². The zero-order valence-corrected chi connectivity index (χ0v) is 15.2. The molecule has 0 aliphatic carbocycles. The van der Waals surface area contributed by atoms with Gasteiger partial charge in [-0.1, -0.05) is 13.0 Å². The van der Waals surface area contributed by atoms with Crippen LogP contribution in [0.4, 0.5) is 4.79 Å². The summed E-state index contributed by atoms with van der Waals surface area (Å²) in [6, 6.07) is 3.78. The molecule has 1 N–H and O–H groups in total. The zero-order valence-electron chi connectivity index (χ0n) is 14.4. The standard InChI is InChI=1S/C17H24N4OS/c1-6-15-20-12(3)16(23-15)13(4)21(5)17(22)19-10-14-11(2)8-7-9-18-14/h7-9,13H,6,10H2,1-5H3,(H,19,22)/t13-/m1/s1. The maximum absolute atomic E-state index is 12.4. The van der Waals surface area contributed by atoms with Gasteiger partial charge in [0.25, 0.3) is 0 Å². The Bertz CT molecular complexity index is 683. The largest absolute Gasteiger partial charge is 0.332 e. The smallest absolute Gasteiger partial charge is 0.317 e. The molecule has 0 aliphatic heterocycles. The van der Waals surface area contributed by atoms with Gasteiger partial charge in [0.15, 0.2) is 0 Å². The second-order valence-electron chi connectivity index (χ2n) is 5.62. The predicted molar refractivity (Wildman–Crippen MR) is 93.6 cm³/mol. The number of aryl methyl sites for hydroxylation is 3. The number of thiazole rings is 1. The van der Waals surface area contributed by atoms with Gasteiger partial charge in [-0.05, 0) is 38.8 Å². The van der Waals surface area contributed by atoms with E-state index in [0.29, 0.717) is 6.54 Å². The number of amides is 2. The third-order valence-electron chi connectivity index (χ3n) is 3.98. The number of pyridine rings is 1. The van der Waals surface area contributed by atoms with Crippen molar-refractivity contribution in [3.05, 3.63) is 45.2 Å². The van der Waals surface area contributed by atoms with Crippen molar-refractivity contribution in [1.29, 1.82) is 0 Å². The Labute approximate surface area is 141 Å². The van der Waals surface area contributed by atoms with E-state index < -0.39 is 0 Å². The van der Waals surface area contributed by atoms with Crippen LogP contribution in [-0.2, 0) is 13.0 Å². The summed E-state index contributed by atoms with van der Waals surface area (Å²) in [5.41, 5.74) is 2.98. The molecule has 0 bridgehead atoms. The van der Waals surface area contributed by atoms with Crippen molar-refractivity contribution in [1.82, 2.24) is 20.2 Å². The highest BCUT2D eigenvalue weighted by Gasteiger charge is 2.21. The highest BCUT2D eigenvalue weighted by molar-refractivity contribution is 7.11. The second kappa shape index (κ2) is 7.55. The number of rotatable bonds is 5. The lowest BCUT2D eigenvalue weighted by molar-refractivity contribution is 0.194. The molecule has 2 rings (SSSR count). The minimum atomic E-state index is -0.103. The summed E-state index contributed by atoms with van der Waals surface area (Å²) >= 11 is 1.69. The summed E-state index contributed by atoms with van der Waals surface area (Å²) in [5, 5.41) is 4.05. The van der Waals surface area contributed by atoms with E-state index in [0.717, 1.165) is 33.3 Å². The van der Waals surface area contributed by atoms with Gasteiger partial charge in [-0.15, -0.1) is 11.3 Å². The Hall–Kier alpha value is -1.95. The fourth-order valence-corrected chi connectivity index (χ4v) is 3.45. The van der Waals surface area contributed by atoms with Crippen LogP contribution in [0.2, 0.25) is 0 Å². The van der Waals surface area contributed by atoms with Crippen molar-refractivity contribution in [3.63, 3.8) is 0 Å². The second-order valence-corrected chi connectivity index (χ2v) is 6.74. The molecule has 0 saturated heterocycles. The number of urea groups is 1. The molecule has 0 fully saturated rings. The minimum Gasteiger partial charge on any atom is -0.332 e. The summed E-state index contributed by atoms with van der Waals surface area (Å²) in [5.74, 6) is 0. The van der Waals surface area contributed by atoms with Gasteiger partial charge in [0.05, 0.1) is 29.0 Å². The minimum absolute atomic E-state index is 0.00219. The summed E-state index contributed by atoms with van der Waals surface area (Å²) in [4.78, 5) is 24.1. The Balaban J connectivity index is 2.01.